The lowest BCUT2D eigenvalue weighted by Crippen LogP contribution is -2.33. The molecule has 1 aromatic carbocycles. The molecule has 4 nitrogen and oxygen atoms in total. The fourth-order valence-electron chi connectivity index (χ4n) is 2.14. The van der Waals surface area contributed by atoms with Gasteiger partial charge in [-0.1, -0.05) is 6.92 Å². The molecular formula is C14H16FNO3. The van der Waals surface area contributed by atoms with E-state index in [1.54, 1.807) is 13.0 Å². The Kier molecular flexibility index (Phi) is 3.95. The number of fused-ring (bicyclic) bond motifs is 1. The molecule has 1 amide bonds. The molecule has 1 aliphatic rings. The summed E-state index contributed by atoms with van der Waals surface area (Å²) in [6.07, 6.45) is 0.872. The number of rotatable bonds is 5. The second-order valence-electron chi connectivity index (χ2n) is 4.54. The first-order valence-electron chi connectivity index (χ1n) is 6.30. The second-order valence-corrected chi connectivity index (χ2v) is 4.54. The number of carbonyl (C=O) groups is 2. The molecule has 1 heterocycles. The summed E-state index contributed by atoms with van der Waals surface area (Å²) >= 11 is 0. The smallest absolute Gasteiger partial charge is 0.299 e. The van der Waals surface area contributed by atoms with Crippen LogP contribution in [0.2, 0.25) is 0 Å². The summed E-state index contributed by atoms with van der Waals surface area (Å²) in [4.78, 5) is 24.8. The first kappa shape index (κ1) is 13.7. The minimum absolute atomic E-state index is 0.0840. The van der Waals surface area contributed by atoms with Crippen molar-refractivity contribution in [1.82, 2.24) is 0 Å². The van der Waals surface area contributed by atoms with Crippen molar-refractivity contribution in [2.45, 2.75) is 20.3 Å². The van der Waals surface area contributed by atoms with Gasteiger partial charge in [0.05, 0.1) is 17.9 Å². The van der Waals surface area contributed by atoms with Gasteiger partial charge < -0.3 is 4.74 Å². The lowest BCUT2D eigenvalue weighted by atomic mass is 10.1. The molecule has 19 heavy (non-hydrogen) atoms. The molecule has 0 saturated heterocycles. The Hall–Kier alpha value is -1.75. The number of benzene rings is 1. The van der Waals surface area contributed by atoms with Gasteiger partial charge in [-0.15, -0.1) is 0 Å². The number of Topliss-reactive ketones (excluding diaryl/α,β-unsaturated/α-hetero) is 1. The van der Waals surface area contributed by atoms with Crippen molar-refractivity contribution < 1.29 is 18.7 Å². The van der Waals surface area contributed by atoms with Crippen molar-refractivity contribution in [3.63, 3.8) is 0 Å². The summed E-state index contributed by atoms with van der Waals surface area (Å²) in [5.74, 6) is -1.86. The second kappa shape index (κ2) is 5.48. The Labute approximate surface area is 111 Å². The van der Waals surface area contributed by atoms with Crippen LogP contribution in [-0.4, -0.2) is 31.4 Å². The topological polar surface area (TPSA) is 46.6 Å². The van der Waals surface area contributed by atoms with E-state index in [1.807, 2.05) is 6.92 Å². The quantitative estimate of drug-likeness (QED) is 0.605. The fourth-order valence-corrected chi connectivity index (χ4v) is 2.14. The summed E-state index contributed by atoms with van der Waals surface area (Å²) < 4.78 is 19.2. The molecule has 0 aliphatic carbocycles. The van der Waals surface area contributed by atoms with Crippen LogP contribution in [0.25, 0.3) is 0 Å². The number of halogens is 1. The Balaban J connectivity index is 2.23. The van der Waals surface area contributed by atoms with Gasteiger partial charge in [-0.3, -0.25) is 14.5 Å². The molecule has 1 aromatic rings. The van der Waals surface area contributed by atoms with Crippen molar-refractivity contribution in [2.24, 2.45) is 0 Å². The maximum absolute atomic E-state index is 13.9. The highest BCUT2D eigenvalue weighted by Gasteiger charge is 2.37. The molecule has 2 rings (SSSR count). The van der Waals surface area contributed by atoms with E-state index in [2.05, 4.69) is 0 Å². The van der Waals surface area contributed by atoms with Crippen LogP contribution in [-0.2, 0) is 9.53 Å². The third kappa shape index (κ3) is 2.51. The third-order valence-electron chi connectivity index (χ3n) is 2.97. The monoisotopic (exact) mass is 265 g/mol. The van der Waals surface area contributed by atoms with E-state index in [-0.39, 0.29) is 17.8 Å². The molecule has 0 saturated carbocycles. The predicted molar refractivity (Wildman–Crippen MR) is 68.9 cm³/mol. The molecule has 0 radical (unpaired) electrons. The average Bonchev–Trinajstić information content (AvgIpc) is 2.60. The van der Waals surface area contributed by atoms with Gasteiger partial charge in [0.25, 0.3) is 11.7 Å². The Morgan fingerprint density at radius 1 is 1.26 bits per heavy atom. The number of amides is 1. The van der Waals surface area contributed by atoms with Gasteiger partial charge in [0.2, 0.25) is 0 Å². The fraction of sp³-hybridized carbons (Fsp3) is 0.429. The Morgan fingerprint density at radius 3 is 2.68 bits per heavy atom. The van der Waals surface area contributed by atoms with E-state index in [0.29, 0.717) is 18.8 Å². The van der Waals surface area contributed by atoms with Crippen molar-refractivity contribution in [2.75, 3.05) is 24.7 Å². The van der Waals surface area contributed by atoms with Gasteiger partial charge in [0.1, 0.15) is 5.82 Å². The summed E-state index contributed by atoms with van der Waals surface area (Å²) in [6.45, 7) is 4.73. The average molecular weight is 265 g/mol. The number of ether oxygens (including phenoxy) is 1. The zero-order valence-corrected chi connectivity index (χ0v) is 11.0. The maximum atomic E-state index is 13.9. The van der Waals surface area contributed by atoms with Gasteiger partial charge in [0.15, 0.2) is 0 Å². The highest BCUT2D eigenvalue weighted by Crippen LogP contribution is 2.32. The zero-order valence-electron chi connectivity index (χ0n) is 11.0. The van der Waals surface area contributed by atoms with Crippen molar-refractivity contribution >= 4 is 17.4 Å². The summed E-state index contributed by atoms with van der Waals surface area (Å²) in [5.41, 5.74) is 0.861. The molecular weight excluding hydrogens is 249 g/mol. The first-order valence-corrected chi connectivity index (χ1v) is 6.30. The van der Waals surface area contributed by atoms with Gasteiger partial charge >= 0.3 is 0 Å². The number of hydrogen-bond acceptors (Lipinski definition) is 3. The Morgan fingerprint density at radius 2 is 2.00 bits per heavy atom. The van der Waals surface area contributed by atoms with Crippen molar-refractivity contribution in [3.05, 3.63) is 29.1 Å². The van der Waals surface area contributed by atoms with E-state index in [9.17, 15) is 14.0 Å². The van der Waals surface area contributed by atoms with Crippen LogP contribution in [0.5, 0.6) is 0 Å². The minimum Gasteiger partial charge on any atom is -0.380 e. The molecule has 102 valence electrons. The van der Waals surface area contributed by atoms with Gasteiger partial charge in [-0.2, -0.15) is 0 Å². The third-order valence-corrected chi connectivity index (χ3v) is 2.97. The standard InChI is InChI=1S/C14H16FNO3/c1-3-5-19-6-4-16-12-10(13(17)14(16)18)7-9(2)8-11(12)15/h7-8H,3-6H2,1-2H3. The van der Waals surface area contributed by atoms with Crippen LogP contribution in [0.15, 0.2) is 12.1 Å². The zero-order chi connectivity index (χ0) is 14.0. The number of hydrogen-bond donors (Lipinski definition) is 0. The Bertz CT molecular complexity index is 528. The van der Waals surface area contributed by atoms with E-state index in [0.717, 1.165) is 6.42 Å². The molecule has 0 spiro atoms. The molecule has 0 aromatic heterocycles. The molecule has 0 fully saturated rings. The van der Waals surface area contributed by atoms with Gasteiger partial charge in [0, 0.05) is 13.2 Å². The molecule has 1 aliphatic heterocycles. The van der Waals surface area contributed by atoms with E-state index < -0.39 is 17.5 Å². The van der Waals surface area contributed by atoms with Crippen molar-refractivity contribution in [1.29, 1.82) is 0 Å². The van der Waals surface area contributed by atoms with Crippen LogP contribution < -0.4 is 4.90 Å². The first-order chi connectivity index (χ1) is 9.06. The van der Waals surface area contributed by atoms with E-state index in [1.165, 1.54) is 11.0 Å². The van der Waals surface area contributed by atoms with Gasteiger partial charge in [-0.25, -0.2) is 4.39 Å². The number of carbonyl (C=O) groups excluding carboxylic acids is 2. The number of nitrogens with zero attached hydrogens (tertiary/aromatic N) is 1. The van der Waals surface area contributed by atoms with Crippen LogP contribution in [0.3, 0.4) is 0 Å². The number of anilines is 1. The van der Waals surface area contributed by atoms with E-state index in [4.69, 9.17) is 4.74 Å². The summed E-state index contributed by atoms with van der Waals surface area (Å²) in [7, 11) is 0. The molecule has 0 bridgehead atoms. The lowest BCUT2D eigenvalue weighted by Gasteiger charge is -2.17. The van der Waals surface area contributed by atoms with Gasteiger partial charge in [-0.05, 0) is 31.0 Å². The van der Waals surface area contributed by atoms with Crippen LogP contribution in [0, 0.1) is 12.7 Å². The van der Waals surface area contributed by atoms with E-state index >= 15 is 0 Å². The predicted octanol–water partition coefficient (Wildman–Crippen LogP) is 2.09. The lowest BCUT2D eigenvalue weighted by molar-refractivity contribution is -0.114. The normalized spacial score (nSPS) is 14.2. The van der Waals surface area contributed by atoms with Crippen LogP contribution >= 0.6 is 0 Å². The van der Waals surface area contributed by atoms with Crippen molar-refractivity contribution in [3.8, 4) is 0 Å². The van der Waals surface area contributed by atoms with Crippen LogP contribution in [0.1, 0.15) is 29.3 Å². The summed E-state index contributed by atoms with van der Waals surface area (Å²) in [5, 5.41) is 0. The maximum Gasteiger partial charge on any atom is 0.299 e. The number of ketones is 1. The largest absolute Gasteiger partial charge is 0.380 e. The highest BCUT2D eigenvalue weighted by molar-refractivity contribution is 6.52. The number of aryl methyl sites for hydroxylation is 1. The summed E-state index contributed by atoms with van der Waals surface area (Å²) in [6, 6.07) is 2.87. The molecule has 5 heteroatoms. The molecule has 0 atom stereocenters. The van der Waals surface area contributed by atoms with Crippen LogP contribution in [0.4, 0.5) is 10.1 Å². The molecule has 0 unspecified atom stereocenters. The minimum atomic E-state index is -0.681. The SMILES string of the molecule is CCCOCCN1C(=O)C(=O)c2cc(C)cc(F)c21. The molecule has 0 N–H and O–H groups in total. The highest BCUT2D eigenvalue weighted by atomic mass is 19.1.